The highest BCUT2D eigenvalue weighted by molar-refractivity contribution is 5.69. The Kier molecular flexibility index (Phi) is 31.2. The number of fused-ring (bicyclic) bond motifs is 2. The molecule has 0 aromatic carbocycles. The molecule has 354 valence electrons. The van der Waals surface area contributed by atoms with E-state index in [0.29, 0.717) is 56.3 Å². The minimum atomic E-state index is -0.0412. The maximum absolute atomic E-state index is 13.2. The Balaban J connectivity index is 0.00000178. The van der Waals surface area contributed by atoms with E-state index in [9.17, 15) is 14.4 Å². The molecule has 0 N–H and O–H groups in total. The van der Waals surface area contributed by atoms with Crippen LogP contribution in [-0.2, 0) is 28.6 Å². The maximum Gasteiger partial charge on any atom is 0.305 e. The monoisotopic (exact) mass is 848 g/mol. The second-order valence-corrected chi connectivity index (χ2v) is 21.0. The molecular weight excluding hydrogens is 747 g/mol. The van der Waals surface area contributed by atoms with Crippen LogP contribution in [0.25, 0.3) is 0 Å². The summed E-state index contributed by atoms with van der Waals surface area (Å²) in [6.07, 6.45) is 33.1. The lowest BCUT2D eigenvalue weighted by atomic mass is 9.47. The van der Waals surface area contributed by atoms with E-state index in [1.165, 1.54) is 103 Å². The molecule has 7 heteroatoms. The van der Waals surface area contributed by atoms with Gasteiger partial charge in [-0.1, -0.05) is 144 Å². The van der Waals surface area contributed by atoms with Gasteiger partial charge in [0.25, 0.3) is 0 Å². The van der Waals surface area contributed by atoms with Gasteiger partial charge in [0.15, 0.2) is 0 Å². The second-order valence-electron chi connectivity index (χ2n) is 21.0. The molecule has 2 rings (SSSR count). The molecule has 4 atom stereocenters. The molecule has 60 heavy (non-hydrogen) atoms. The van der Waals surface area contributed by atoms with Gasteiger partial charge in [-0.05, 0) is 119 Å². The number of unbranched alkanes of at least 4 members (excludes halogenated alkanes) is 8. The number of esters is 2. The molecule has 0 amide bonds. The van der Waals surface area contributed by atoms with E-state index in [4.69, 9.17) is 14.2 Å². The first-order valence-corrected chi connectivity index (χ1v) is 25.7. The van der Waals surface area contributed by atoms with Crippen LogP contribution in [0.5, 0.6) is 0 Å². The summed E-state index contributed by atoms with van der Waals surface area (Å²) in [4.78, 5) is 40.0. The van der Waals surface area contributed by atoms with Gasteiger partial charge < -0.3 is 23.9 Å². The zero-order chi connectivity index (χ0) is 44.7. The number of likely N-dealkylation sites (N-methyl/N-ethyl adjacent to an activating group) is 1. The molecular formula is C53H101NO6. The van der Waals surface area contributed by atoms with Crippen LogP contribution in [0.1, 0.15) is 242 Å². The number of hydrogen-bond acceptors (Lipinski definition) is 7. The van der Waals surface area contributed by atoms with Crippen LogP contribution in [0.2, 0.25) is 0 Å². The second kappa shape index (κ2) is 33.1. The quantitative estimate of drug-likeness (QED) is 0.0357. The van der Waals surface area contributed by atoms with Gasteiger partial charge in [-0.3, -0.25) is 9.59 Å². The topological polar surface area (TPSA) is 82.1 Å². The Morgan fingerprint density at radius 3 is 1.47 bits per heavy atom. The number of rotatable bonds is 35. The van der Waals surface area contributed by atoms with Crippen molar-refractivity contribution in [2.75, 3.05) is 40.5 Å². The van der Waals surface area contributed by atoms with Crippen molar-refractivity contribution >= 4 is 18.2 Å². The fraction of sp³-hybridized carbons (Fsp3) is 0.943. The predicted molar refractivity (Wildman–Crippen MR) is 253 cm³/mol. The van der Waals surface area contributed by atoms with Gasteiger partial charge in [0, 0.05) is 39.0 Å². The number of carbonyl (C=O) groups is 3. The Hall–Kier alpha value is -1.47. The molecule has 0 aromatic rings. The standard InChI is InChI=1S/C46H84O5.C7H17NO/c1-7-11-15-20-39(21-16-12-8-2)26-32-50-42(48)24-29-45(6)35-41-34-44(5,28-19-31-47)37-46(36-41,38-45)30-25-43(49)51-33-27-40(22-17-13-9-3)23-18-14-10-4;1-7(2)8(3)5-6-9-4/h31,39-41H,7-30,32-38H2,1-6H3;7H,5-6H2,1-4H3. The molecule has 2 bridgehead atoms. The molecule has 2 fully saturated rings. The van der Waals surface area contributed by atoms with Gasteiger partial charge in [0.1, 0.15) is 6.29 Å². The molecule has 0 radical (unpaired) electrons. The highest BCUT2D eigenvalue weighted by Gasteiger charge is 2.53. The van der Waals surface area contributed by atoms with Crippen molar-refractivity contribution in [3.63, 3.8) is 0 Å². The van der Waals surface area contributed by atoms with Crippen molar-refractivity contribution in [3.8, 4) is 0 Å². The summed E-state index contributed by atoms with van der Waals surface area (Å²) in [5.41, 5.74) is 0.247. The number of hydrogen-bond donors (Lipinski definition) is 0. The van der Waals surface area contributed by atoms with Crippen molar-refractivity contribution in [1.82, 2.24) is 4.90 Å². The minimum absolute atomic E-state index is 0.0380. The molecule has 7 nitrogen and oxygen atoms in total. The smallest absolute Gasteiger partial charge is 0.305 e. The summed E-state index contributed by atoms with van der Waals surface area (Å²) in [5, 5.41) is 0. The summed E-state index contributed by atoms with van der Waals surface area (Å²) >= 11 is 0. The van der Waals surface area contributed by atoms with Gasteiger partial charge in [0.05, 0.1) is 19.8 Å². The molecule has 2 aliphatic carbocycles. The van der Waals surface area contributed by atoms with Gasteiger partial charge in [-0.25, -0.2) is 0 Å². The lowest BCUT2D eigenvalue weighted by Gasteiger charge is -2.58. The Morgan fingerprint density at radius 2 is 1.07 bits per heavy atom. The van der Waals surface area contributed by atoms with Crippen LogP contribution in [-0.4, -0.2) is 69.7 Å². The van der Waals surface area contributed by atoms with Gasteiger partial charge in [0.2, 0.25) is 0 Å². The number of ether oxygens (including phenoxy) is 3. The molecule has 0 aromatic heterocycles. The van der Waals surface area contributed by atoms with Gasteiger partial charge >= 0.3 is 11.9 Å². The third-order valence-electron chi connectivity index (χ3n) is 14.5. The van der Waals surface area contributed by atoms with Crippen molar-refractivity contribution in [2.24, 2.45) is 34.0 Å². The zero-order valence-electron chi connectivity index (χ0n) is 41.6. The van der Waals surface area contributed by atoms with E-state index >= 15 is 0 Å². The normalized spacial score (nSPS) is 22.6. The summed E-state index contributed by atoms with van der Waals surface area (Å²) in [5.74, 6) is 1.82. The fourth-order valence-corrected chi connectivity index (χ4v) is 11.1. The molecule has 4 unspecified atom stereocenters. The molecule has 2 saturated carbocycles. The molecule has 0 saturated heterocycles. The van der Waals surface area contributed by atoms with E-state index in [2.05, 4.69) is 67.3 Å². The summed E-state index contributed by atoms with van der Waals surface area (Å²) in [7, 11) is 3.83. The average Bonchev–Trinajstić information content (AvgIpc) is 3.20. The van der Waals surface area contributed by atoms with Crippen LogP contribution in [0, 0.1) is 34.0 Å². The van der Waals surface area contributed by atoms with Crippen molar-refractivity contribution in [3.05, 3.63) is 0 Å². The Bertz CT molecular complexity index is 1080. The zero-order valence-corrected chi connectivity index (χ0v) is 41.6. The van der Waals surface area contributed by atoms with Crippen molar-refractivity contribution in [1.29, 1.82) is 0 Å². The van der Waals surface area contributed by atoms with Crippen LogP contribution >= 0.6 is 0 Å². The van der Waals surface area contributed by atoms with Gasteiger partial charge in [-0.15, -0.1) is 0 Å². The highest BCUT2D eigenvalue weighted by atomic mass is 16.5. The SMILES string of the molecule is CCCCCC(CCCCC)CCOC(=O)CCC1(C)CC2CC(C)(CCC=O)CC(CCC(=O)OCCC(CCCCC)CCCCC)(C2)C1.COCCN(C)C(C)C. The molecule has 0 heterocycles. The molecule has 2 aliphatic rings. The van der Waals surface area contributed by atoms with Crippen LogP contribution in [0.3, 0.4) is 0 Å². The summed E-state index contributed by atoms with van der Waals surface area (Å²) in [6, 6.07) is 0.625. The lowest BCUT2D eigenvalue weighted by molar-refractivity contribution is -0.147. The number of nitrogens with zero attached hydrogens (tertiary/aromatic N) is 1. The largest absolute Gasteiger partial charge is 0.466 e. The third-order valence-corrected chi connectivity index (χ3v) is 14.5. The minimum Gasteiger partial charge on any atom is -0.466 e. The van der Waals surface area contributed by atoms with E-state index < -0.39 is 0 Å². The number of methoxy groups -OCH3 is 1. The number of aldehydes is 1. The van der Waals surface area contributed by atoms with E-state index in [1.807, 2.05) is 0 Å². The van der Waals surface area contributed by atoms with E-state index in [0.717, 1.165) is 83.6 Å². The summed E-state index contributed by atoms with van der Waals surface area (Å²) < 4.78 is 16.7. The Morgan fingerprint density at radius 1 is 0.633 bits per heavy atom. The Labute approximate surface area is 372 Å². The third kappa shape index (κ3) is 25.6. The molecule has 0 spiro atoms. The predicted octanol–water partition coefficient (Wildman–Crippen LogP) is 14.5. The van der Waals surface area contributed by atoms with E-state index in [1.54, 1.807) is 7.11 Å². The average molecular weight is 848 g/mol. The van der Waals surface area contributed by atoms with Gasteiger partial charge in [-0.2, -0.15) is 0 Å². The number of carbonyl (C=O) groups excluding carboxylic acids is 3. The first-order valence-electron chi connectivity index (χ1n) is 25.7. The van der Waals surface area contributed by atoms with Crippen LogP contribution in [0.4, 0.5) is 0 Å². The highest BCUT2D eigenvalue weighted by Crippen LogP contribution is 2.64. The van der Waals surface area contributed by atoms with Crippen molar-refractivity contribution in [2.45, 2.75) is 248 Å². The lowest BCUT2D eigenvalue weighted by Crippen LogP contribution is -2.48. The van der Waals surface area contributed by atoms with Crippen molar-refractivity contribution < 1.29 is 28.6 Å². The summed E-state index contributed by atoms with van der Waals surface area (Å²) in [6.45, 7) is 21.1. The molecule has 0 aliphatic heterocycles. The maximum atomic E-state index is 13.2. The van der Waals surface area contributed by atoms with E-state index in [-0.39, 0.29) is 28.2 Å². The first kappa shape index (κ1) is 56.5. The van der Waals surface area contributed by atoms with Crippen LogP contribution in [0.15, 0.2) is 0 Å². The fourth-order valence-electron chi connectivity index (χ4n) is 11.1. The first-order chi connectivity index (χ1) is 28.7. The van der Waals surface area contributed by atoms with Crippen LogP contribution < -0.4 is 0 Å².